The molecule has 1 saturated carbocycles. The van der Waals surface area contributed by atoms with Crippen LogP contribution in [0.4, 0.5) is 0 Å². The van der Waals surface area contributed by atoms with E-state index in [9.17, 15) is 8.42 Å². The minimum atomic E-state index is -3.11. The van der Waals surface area contributed by atoms with Gasteiger partial charge in [0.25, 0.3) is 0 Å². The van der Waals surface area contributed by atoms with Crippen LogP contribution in [0.15, 0.2) is 4.99 Å². The minimum Gasteiger partial charge on any atom is -0.385 e. The molecule has 0 aromatic heterocycles. The molecule has 0 aliphatic heterocycles. The van der Waals surface area contributed by atoms with Crippen molar-refractivity contribution in [1.29, 1.82) is 0 Å². The summed E-state index contributed by atoms with van der Waals surface area (Å²) in [6.45, 7) is 8.05. The molecule has 0 unspecified atom stereocenters. The van der Waals surface area contributed by atoms with Crippen LogP contribution in [0.2, 0.25) is 0 Å². The average molecular weight is 377 g/mol. The molecule has 2 N–H and O–H groups in total. The Morgan fingerprint density at radius 2 is 2.00 bits per heavy atom. The fraction of sp³-hybridized carbons (Fsp3) is 0.941. The van der Waals surface area contributed by atoms with E-state index in [1.165, 1.54) is 29.8 Å². The summed E-state index contributed by atoms with van der Waals surface area (Å²) < 4.78 is 29.9. The normalized spacial score (nSPS) is 17.4. The van der Waals surface area contributed by atoms with Crippen molar-refractivity contribution in [3.05, 3.63) is 0 Å². The van der Waals surface area contributed by atoms with E-state index in [4.69, 9.17) is 9.73 Å². The van der Waals surface area contributed by atoms with E-state index in [0.29, 0.717) is 25.0 Å². The Kier molecular flexibility index (Phi) is 9.74. The second kappa shape index (κ2) is 11.0. The first-order valence-electron chi connectivity index (χ1n) is 9.33. The van der Waals surface area contributed by atoms with Crippen molar-refractivity contribution in [3.63, 3.8) is 0 Å². The van der Waals surface area contributed by atoms with Gasteiger partial charge in [0.1, 0.15) is 0 Å². The predicted molar refractivity (Wildman–Crippen MR) is 103 cm³/mol. The van der Waals surface area contributed by atoms with Gasteiger partial charge in [0.15, 0.2) is 5.96 Å². The van der Waals surface area contributed by atoms with Gasteiger partial charge in [0, 0.05) is 46.4 Å². The first kappa shape index (κ1) is 22.2. The lowest BCUT2D eigenvalue weighted by molar-refractivity contribution is 0.0778. The predicted octanol–water partition coefficient (Wildman–Crippen LogP) is 1.42. The Bertz CT molecular complexity index is 504. The molecule has 1 aliphatic carbocycles. The molecule has 0 saturated heterocycles. The number of sulfonamides is 1. The third-order valence-corrected chi connectivity index (χ3v) is 6.24. The molecule has 8 heteroatoms. The molecule has 148 valence electrons. The first-order chi connectivity index (χ1) is 11.9. The fourth-order valence-electron chi connectivity index (χ4n) is 3.09. The molecule has 0 radical (unpaired) electrons. The van der Waals surface area contributed by atoms with Crippen LogP contribution in [0.1, 0.15) is 46.0 Å². The molecule has 0 heterocycles. The molecule has 1 aliphatic rings. The van der Waals surface area contributed by atoms with Gasteiger partial charge in [0.05, 0.1) is 6.26 Å². The number of hydrogen-bond donors (Lipinski definition) is 2. The van der Waals surface area contributed by atoms with Gasteiger partial charge in [-0.1, -0.05) is 13.3 Å². The highest BCUT2D eigenvalue weighted by atomic mass is 32.2. The smallest absolute Gasteiger partial charge is 0.211 e. The summed E-state index contributed by atoms with van der Waals surface area (Å²) in [6, 6.07) is 0. The molecule has 0 amide bonds. The van der Waals surface area contributed by atoms with Crippen molar-refractivity contribution in [1.82, 2.24) is 14.9 Å². The second-order valence-electron chi connectivity index (χ2n) is 6.83. The summed E-state index contributed by atoms with van der Waals surface area (Å²) in [7, 11) is -1.36. The van der Waals surface area contributed by atoms with Crippen molar-refractivity contribution >= 4 is 16.0 Å². The summed E-state index contributed by atoms with van der Waals surface area (Å²) in [5.74, 6) is 0.814. The zero-order valence-corrected chi connectivity index (χ0v) is 17.1. The lowest BCUT2D eigenvalue weighted by Gasteiger charge is -2.40. The molecule has 0 bridgehead atoms. The number of aliphatic imine (C=N–C) groups is 1. The molecule has 7 nitrogen and oxygen atoms in total. The van der Waals surface area contributed by atoms with Crippen LogP contribution in [-0.2, 0) is 14.8 Å². The van der Waals surface area contributed by atoms with Crippen LogP contribution in [0.25, 0.3) is 0 Å². The van der Waals surface area contributed by atoms with E-state index in [2.05, 4.69) is 10.6 Å². The van der Waals surface area contributed by atoms with Gasteiger partial charge in [-0.3, -0.25) is 4.99 Å². The Morgan fingerprint density at radius 1 is 1.28 bits per heavy atom. The highest BCUT2D eigenvalue weighted by Crippen LogP contribution is 2.44. The Labute approximate surface area is 153 Å². The lowest BCUT2D eigenvalue weighted by atomic mass is 9.67. The number of ether oxygens (including phenoxy) is 1. The molecule has 25 heavy (non-hydrogen) atoms. The third kappa shape index (κ3) is 7.92. The van der Waals surface area contributed by atoms with Crippen LogP contribution in [0.5, 0.6) is 0 Å². The summed E-state index contributed by atoms with van der Waals surface area (Å²) in [6.07, 6.45) is 6.79. The highest BCUT2D eigenvalue weighted by molar-refractivity contribution is 7.88. The van der Waals surface area contributed by atoms with Gasteiger partial charge in [-0.05, 0) is 38.0 Å². The van der Waals surface area contributed by atoms with Crippen LogP contribution in [-0.4, -0.2) is 71.4 Å². The topological polar surface area (TPSA) is 83.0 Å². The van der Waals surface area contributed by atoms with E-state index in [1.54, 1.807) is 7.11 Å². The zero-order valence-electron chi connectivity index (χ0n) is 16.3. The van der Waals surface area contributed by atoms with E-state index >= 15 is 0 Å². The van der Waals surface area contributed by atoms with Crippen molar-refractivity contribution in [3.8, 4) is 0 Å². The van der Waals surface area contributed by atoms with Crippen LogP contribution in [0, 0.1) is 5.41 Å². The van der Waals surface area contributed by atoms with Crippen molar-refractivity contribution in [2.24, 2.45) is 10.4 Å². The fourth-order valence-corrected chi connectivity index (χ4v) is 4.02. The van der Waals surface area contributed by atoms with Gasteiger partial charge < -0.3 is 15.4 Å². The van der Waals surface area contributed by atoms with Gasteiger partial charge in [-0.2, -0.15) is 0 Å². The zero-order chi connectivity index (χ0) is 18.8. The number of nitrogens with one attached hydrogen (secondary N) is 2. The minimum absolute atomic E-state index is 0.299. The molecule has 0 atom stereocenters. The number of methoxy groups -OCH3 is 1. The first-order valence-corrected chi connectivity index (χ1v) is 11.2. The third-order valence-electron chi connectivity index (χ3n) is 4.87. The van der Waals surface area contributed by atoms with Crippen LogP contribution < -0.4 is 10.6 Å². The molecule has 0 aromatic carbocycles. The Balaban J connectivity index is 2.45. The molecular weight excluding hydrogens is 340 g/mol. The number of guanidine groups is 1. The maximum Gasteiger partial charge on any atom is 0.211 e. The average Bonchev–Trinajstić information content (AvgIpc) is 2.52. The Hall–Kier alpha value is -0.860. The summed E-state index contributed by atoms with van der Waals surface area (Å²) in [5, 5.41) is 6.58. The second-order valence-corrected chi connectivity index (χ2v) is 8.81. The monoisotopic (exact) mass is 376 g/mol. The lowest BCUT2D eigenvalue weighted by Crippen LogP contribution is -2.41. The SMILES string of the molecule is CCNC(=NCC1(CCOC)CCC1)NCCCN(CC)S(C)(=O)=O. The van der Waals surface area contributed by atoms with Gasteiger partial charge in [-0.15, -0.1) is 0 Å². The maximum atomic E-state index is 11.6. The maximum absolute atomic E-state index is 11.6. The highest BCUT2D eigenvalue weighted by Gasteiger charge is 2.36. The van der Waals surface area contributed by atoms with Crippen molar-refractivity contribution < 1.29 is 13.2 Å². The van der Waals surface area contributed by atoms with E-state index < -0.39 is 10.0 Å². The van der Waals surface area contributed by atoms with Crippen molar-refractivity contribution in [2.75, 3.05) is 52.7 Å². The summed E-state index contributed by atoms with van der Waals surface area (Å²) >= 11 is 0. The molecule has 1 rings (SSSR count). The quantitative estimate of drug-likeness (QED) is 0.306. The van der Waals surface area contributed by atoms with Crippen LogP contribution >= 0.6 is 0 Å². The summed E-state index contributed by atoms with van der Waals surface area (Å²) in [5.41, 5.74) is 0.299. The van der Waals surface area contributed by atoms with Crippen LogP contribution in [0.3, 0.4) is 0 Å². The van der Waals surface area contributed by atoms with Gasteiger partial charge in [-0.25, -0.2) is 12.7 Å². The molecule has 0 aromatic rings. The Morgan fingerprint density at radius 3 is 2.48 bits per heavy atom. The summed E-state index contributed by atoms with van der Waals surface area (Å²) in [4.78, 5) is 4.75. The molecular formula is C17H36N4O3S. The van der Waals surface area contributed by atoms with E-state index in [-0.39, 0.29) is 0 Å². The largest absolute Gasteiger partial charge is 0.385 e. The van der Waals surface area contributed by atoms with E-state index in [0.717, 1.165) is 38.5 Å². The van der Waals surface area contributed by atoms with Gasteiger partial charge in [0.2, 0.25) is 10.0 Å². The molecule has 1 fully saturated rings. The van der Waals surface area contributed by atoms with Crippen molar-refractivity contribution in [2.45, 2.75) is 46.0 Å². The number of nitrogens with zero attached hydrogens (tertiary/aromatic N) is 2. The van der Waals surface area contributed by atoms with E-state index in [1.807, 2.05) is 13.8 Å². The molecule has 0 spiro atoms. The standard InChI is InChI=1S/C17H36N4O3S/c1-5-18-16(19-12-8-13-21(6-2)25(4,22)23)20-15-17(9-7-10-17)11-14-24-3/h5-15H2,1-4H3,(H2,18,19,20). The van der Waals surface area contributed by atoms with Gasteiger partial charge >= 0.3 is 0 Å². The number of rotatable bonds is 12. The number of hydrogen-bond acceptors (Lipinski definition) is 4.